The first-order valence-corrected chi connectivity index (χ1v) is 14.5. The van der Waals surface area contributed by atoms with E-state index in [-0.39, 0.29) is 11.2 Å². The molecule has 0 N–H and O–H groups in total. The summed E-state index contributed by atoms with van der Waals surface area (Å²) >= 11 is 0. The van der Waals surface area contributed by atoms with Gasteiger partial charge in [-0.15, -0.1) is 0 Å². The lowest BCUT2D eigenvalue weighted by Crippen LogP contribution is -2.25. The van der Waals surface area contributed by atoms with Gasteiger partial charge in [-0.2, -0.15) is 0 Å². The summed E-state index contributed by atoms with van der Waals surface area (Å²) in [5, 5.41) is 0. The van der Waals surface area contributed by atoms with E-state index in [0.29, 0.717) is 5.78 Å². The highest BCUT2D eigenvalue weighted by Gasteiger charge is 2.30. The Hall–Kier alpha value is -1.90. The van der Waals surface area contributed by atoms with Crippen molar-refractivity contribution in [3.05, 3.63) is 41.5 Å². The summed E-state index contributed by atoms with van der Waals surface area (Å²) in [5.41, 5.74) is 2.75. The Morgan fingerprint density at radius 1 is 0.889 bits per heavy atom. The summed E-state index contributed by atoms with van der Waals surface area (Å²) in [7, 11) is 1.70. The van der Waals surface area contributed by atoms with Crippen LogP contribution in [0.5, 0.6) is 5.75 Å². The summed E-state index contributed by atoms with van der Waals surface area (Å²) in [4.78, 5) is 22.6. The van der Waals surface area contributed by atoms with Crippen LogP contribution in [0.15, 0.2) is 35.9 Å². The lowest BCUT2D eigenvalue weighted by Gasteiger charge is -2.34. The zero-order chi connectivity index (χ0) is 26.4. The average Bonchev–Trinajstić information content (AvgIpc) is 2.84. The molecule has 0 saturated heterocycles. The molecule has 3 rings (SSSR count). The van der Waals surface area contributed by atoms with Crippen molar-refractivity contribution < 1.29 is 14.3 Å². The van der Waals surface area contributed by atoms with E-state index < -0.39 is 0 Å². The molecule has 0 heterocycles. The molecule has 2 aliphatic carbocycles. The maximum Gasteiger partial charge on any atom is 0.152 e. The van der Waals surface area contributed by atoms with Crippen molar-refractivity contribution in [3.8, 4) is 5.75 Å². The summed E-state index contributed by atoms with van der Waals surface area (Å²) < 4.78 is 5.22. The zero-order valence-corrected chi connectivity index (χ0v) is 23.9. The number of ketones is 2. The monoisotopic (exact) mass is 496 g/mol. The number of Topliss-reactive ketones (excluding diaryl/α,β-unsaturated/α-hetero) is 1. The fourth-order valence-corrected chi connectivity index (χ4v) is 6.44. The number of hydrogen-bond donors (Lipinski definition) is 0. The van der Waals surface area contributed by atoms with Gasteiger partial charge in [0.05, 0.1) is 7.11 Å². The molecule has 1 aromatic carbocycles. The summed E-state index contributed by atoms with van der Waals surface area (Å²) in [6, 6.07) is 8.35. The zero-order valence-electron chi connectivity index (χ0n) is 23.9. The van der Waals surface area contributed by atoms with E-state index >= 15 is 0 Å². The average molecular weight is 497 g/mol. The van der Waals surface area contributed by atoms with Crippen LogP contribution in [0.3, 0.4) is 0 Å². The van der Waals surface area contributed by atoms with Crippen LogP contribution in [0.1, 0.15) is 123 Å². The highest BCUT2D eigenvalue weighted by atomic mass is 16.5. The number of benzene rings is 1. The second-order valence-electron chi connectivity index (χ2n) is 12.1. The number of carbonyl (C=O) groups excluding carboxylic acids is 2. The number of aryl methyl sites for hydroxylation is 1. The molecule has 0 radical (unpaired) electrons. The number of carbonyl (C=O) groups is 2. The van der Waals surface area contributed by atoms with Crippen molar-refractivity contribution >= 4 is 11.6 Å². The third-order valence-electron chi connectivity index (χ3n) is 8.14. The number of rotatable bonds is 11. The van der Waals surface area contributed by atoms with Crippen molar-refractivity contribution in [3.63, 3.8) is 0 Å². The minimum Gasteiger partial charge on any atom is -0.497 e. The van der Waals surface area contributed by atoms with Crippen molar-refractivity contribution in [2.45, 2.75) is 124 Å². The van der Waals surface area contributed by atoms with E-state index in [2.05, 4.69) is 26.0 Å². The van der Waals surface area contributed by atoms with Gasteiger partial charge in [0.25, 0.3) is 0 Å². The topological polar surface area (TPSA) is 43.4 Å². The largest absolute Gasteiger partial charge is 0.497 e. The van der Waals surface area contributed by atoms with Crippen LogP contribution in [0.25, 0.3) is 0 Å². The normalized spacial score (nSPS) is 19.1. The highest BCUT2D eigenvalue weighted by molar-refractivity contribution is 5.87. The van der Waals surface area contributed by atoms with Gasteiger partial charge in [-0.25, -0.2) is 0 Å². The molecule has 0 spiro atoms. The van der Waals surface area contributed by atoms with Crippen LogP contribution in [-0.4, -0.2) is 18.7 Å². The maximum absolute atomic E-state index is 11.8. The fourth-order valence-electron chi connectivity index (χ4n) is 6.44. The van der Waals surface area contributed by atoms with Gasteiger partial charge < -0.3 is 9.53 Å². The minimum absolute atomic E-state index is 0.147. The Bertz CT molecular complexity index is 810. The van der Waals surface area contributed by atoms with Crippen LogP contribution in [0.2, 0.25) is 0 Å². The molecule has 202 valence electrons. The Morgan fingerprint density at radius 2 is 1.44 bits per heavy atom. The SMILES string of the molecule is CC(=O)/C=C(\C)CC1CCCCC1.COc1ccc(CC[C@](C)(CC(C)=O)CC2CCCCC2)cc1. The van der Waals surface area contributed by atoms with E-state index in [4.69, 9.17) is 4.74 Å². The number of allylic oxidation sites excluding steroid dienone is 2. The third-order valence-corrected chi connectivity index (χ3v) is 8.14. The maximum atomic E-state index is 11.8. The molecule has 3 nitrogen and oxygen atoms in total. The molecule has 0 amide bonds. The van der Waals surface area contributed by atoms with Crippen LogP contribution in [-0.2, 0) is 16.0 Å². The van der Waals surface area contributed by atoms with Crippen molar-refractivity contribution in [1.82, 2.24) is 0 Å². The van der Waals surface area contributed by atoms with Crippen molar-refractivity contribution in [1.29, 1.82) is 0 Å². The van der Waals surface area contributed by atoms with Gasteiger partial charge >= 0.3 is 0 Å². The van der Waals surface area contributed by atoms with E-state index in [1.54, 1.807) is 27.0 Å². The third kappa shape index (κ3) is 12.4. The summed E-state index contributed by atoms with van der Waals surface area (Å²) in [5.74, 6) is 3.10. The van der Waals surface area contributed by atoms with E-state index in [0.717, 1.165) is 43.3 Å². The Morgan fingerprint density at radius 3 is 1.94 bits per heavy atom. The molecular formula is C33H52O3. The first kappa shape index (κ1) is 30.3. The van der Waals surface area contributed by atoms with Gasteiger partial charge in [-0.1, -0.05) is 88.8 Å². The molecule has 36 heavy (non-hydrogen) atoms. The predicted octanol–water partition coefficient (Wildman–Crippen LogP) is 9.08. The minimum atomic E-state index is 0.147. The molecule has 3 heteroatoms. The lowest BCUT2D eigenvalue weighted by atomic mass is 9.70. The number of ether oxygens (including phenoxy) is 1. The van der Waals surface area contributed by atoms with Gasteiger partial charge in [0.1, 0.15) is 11.5 Å². The molecule has 0 aliphatic heterocycles. The summed E-state index contributed by atoms with van der Waals surface area (Å²) in [6.07, 6.45) is 20.8. The van der Waals surface area contributed by atoms with Gasteiger partial charge in [-0.05, 0) is 87.5 Å². The Labute approximate surface area is 221 Å². The van der Waals surface area contributed by atoms with Crippen molar-refractivity contribution in [2.24, 2.45) is 17.3 Å². The lowest BCUT2D eigenvalue weighted by molar-refractivity contribution is -0.119. The Balaban J connectivity index is 0.000000297. The van der Waals surface area contributed by atoms with Gasteiger partial charge in [0.2, 0.25) is 0 Å². The standard InChI is InChI=1S/C21H32O2.C12H20O/c1-17(22)15-21(2,16-19-7-5-4-6-8-19)14-13-18-9-11-20(23-3)12-10-18;1-10(8-11(2)13)9-12-6-4-3-5-7-12/h9-12,19H,4-8,13-16H2,1-3H3;8,12H,3-7,9H2,1-2H3/b;10-8+/t21-;/m1./s1. The van der Waals surface area contributed by atoms with E-state index in [1.165, 1.54) is 81.8 Å². The molecule has 0 unspecified atom stereocenters. The summed E-state index contributed by atoms with van der Waals surface area (Å²) in [6.45, 7) is 7.78. The van der Waals surface area contributed by atoms with Crippen LogP contribution >= 0.6 is 0 Å². The molecule has 1 atom stereocenters. The van der Waals surface area contributed by atoms with Gasteiger partial charge in [0, 0.05) is 6.42 Å². The molecule has 2 fully saturated rings. The van der Waals surface area contributed by atoms with Crippen LogP contribution < -0.4 is 4.74 Å². The molecule has 2 saturated carbocycles. The first-order valence-electron chi connectivity index (χ1n) is 14.5. The number of hydrogen-bond acceptors (Lipinski definition) is 3. The van der Waals surface area contributed by atoms with E-state index in [9.17, 15) is 9.59 Å². The van der Waals surface area contributed by atoms with Crippen molar-refractivity contribution in [2.75, 3.05) is 7.11 Å². The predicted molar refractivity (Wildman–Crippen MR) is 152 cm³/mol. The van der Waals surface area contributed by atoms with Gasteiger partial charge in [-0.3, -0.25) is 4.79 Å². The number of methoxy groups -OCH3 is 1. The second-order valence-corrected chi connectivity index (χ2v) is 12.1. The second kappa shape index (κ2) is 16.0. The molecule has 0 bridgehead atoms. The Kier molecular flexibility index (Phi) is 13.5. The molecule has 2 aliphatic rings. The highest BCUT2D eigenvalue weighted by Crippen LogP contribution is 2.40. The molecule has 0 aromatic heterocycles. The molecule has 1 aromatic rings. The smallest absolute Gasteiger partial charge is 0.152 e. The van der Waals surface area contributed by atoms with Crippen LogP contribution in [0.4, 0.5) is 0 Å². The van der Waals surface area contributed by atoms with E-state index in [1.807, 2.05) is 12.1 Å². The van der Waals surface area contributed by atoms with Crippen LogP contribution in [0, 0.1) is 17.3 Å². The molecular weight excluding hydrogens is 444 g/mol. The fraction of sp³-hybridized carbons (Fsp3) is 0.697. The van der Waals surface area contributed by atoms with Gasteiger partial charge in [0.15, 0.2) is 5.78 Å². The first-order chi connectivity index (χ1) is 17.2. The quantitative estimate of drug-likeness (QED) is 0.287.